The third-order valence-electron chi connectivity index (χ3n) is 16.7. The van der Waals surface area contributed by atoms with Gasteiger partial charge in [0.2, 0.25) is 0 Å². The summed E-state index contributed by atoms with van der Waals surface area (Å²) in [6.07, 6.45) is -4.90. The van der Waals surface area contributed by atoms with E-state index in [0.717, 1.165) is 44.6 Å². The zero-order valence-electron chi connectivity index (χ0n) is 35.3. The highest BCUT2D eigenvalue weighted by Gasteiger charge is 2.72. The first kappa shape index (κ1) is 45.3. The molecule has 6 rings (SSSR count). The number of allylic oxidation sites excluding steroid dienone is 1. The number of ether oxygens (including phenoxy) is 5. The van der Waals surface area contributed by atoms with E-state index < -0.39 is 91.1 Å². The molecule has 0 aromatic heterocycles. The molecule has 19 unspecified atom stereocenters. The zero-order chi connectivity index (χ0) is 42.0. The Hall–Kier alpha value is -1.27. The van der Waals surface area contributed by atoms with Crippen molar-refractivity contribution < 1.29 is 69.3 Å². The maximum absolute atomic E-state index is 12.5. The summed E-state index contributed by atoms with van der Waals surface area (Å²) in [7, 11) is 0. The summed E-state index contributed by atoms with van der Waals surface area (Å²) in [5.41, 5.74) is -1.21. The second kappa shape index (κ2) is 16.5. The van der Waals surface area contributed by atoms with Crippen LogP contribution in [-0.2, 0) is 28.5 Å². The van der Waals surface area contributed by atoms with Crippen LogP contribution in [-0.4, -0.2) is 140 Å². The van der Waals surface area contributed by atoms with Crippen LogP contribution < -0.4 is 0 Å². The topological polar surface area (TPSA) is 225 Å². The summed E-state index contributed by atoms with van der Waals surface area (Å²) in [6, 6.07) is 0. The normalized spacial score (nSPS) is 49.6. The lowest BCUT2D eigenvalue weighted by molar-refractivity contribution is -0.371. The van der Waals surface area contributed by atoms with E-state index in [4.69, 9.17) is 23.7 Å². The monoisotopic (exact) mass is 812 g/mol. The second-order valence-electron chi connectivity index (χ2n) is 20.1. The standard InChI is InChI=1S/C43H72O14/c1-22(19-44)10-9-15-42(7,52)25-13-17-41(6)24(25)11-12-28-40(5)16-14-31(39(3,4)29(40)18-30(48)43(28,41)8)56-38-36(33(50)32(49)27(20-45)55-38)57-37-34(51)35(54-23(2)46)26(47)21-53-37/h10,24-38,44-45,47-52H,9,11-21H2,1-8H3. The van der Waals surface area contributed by atoms with Crippen molar-refractivity contribution in [2.24, 2.45) is 45.3 Å². The molecule has 2 heterocycles. The fraction of sp³-hybridized carbons (Fsp3) is 0.930. The van der Waals surface area contributed by atoms with Gasteiger partial charge in [-0.2, -0.15) is 0 Å². The van der Waals surface area contributed by atoms with Crippen molar-refractivity contribution in [1.82, 2.24) is 0 Å². The summed E-state index contributed by atoms with van der Waals surface area (Å²) in [5, 5.41) is 87.6. The molecule has 0 radical (unpaired) electrons. The van der Waals surface area contributed by atoms with E-state index in [9.17, 15) is 45.6 Å². The van der Waals surface area contributed by atoms with Crippen molar-refractivity contribution in [2.75, 3.05) is 19.8 Å². The number of carbonyl (C=O) groups excluding carboxylic acids is 1. The van der Waals surface area contributed by atoms with Gasteiger partial charge in [0.25, 0.3) is 0 Å². The molecule has 2 saturated heterocycles. The van der Waals surface area contributed by atoms with Gasteiger partial charge < -0.3 is 64.5 Å². The van der Waals surface area contributed by atoms with Crippen molar-refractivity contribution in [2.45, 2.75) is 186 Å². The number of hydrogen-bond acceptors (Lipinski definition) is 14. The van der Waals surface area contributed by atoms with Gasteiger partial charge in [0.15, 0.2) is 18.7 Å². The maximum Gasteiger partial charge on any atom is 0.303 e. The van der Waals surface area contributed by atoms with Gasteiger partial charge in [-0.1, -0.05) is 46.3 Å². The quantitative estimate of drug-likeness (QED) is 0.0853. The van der Waals surface area contributed by atoms with Gasteiger partial charge in [-0.05, 0) is 112 Å². The van der Waals surface area contributed by atoms with E-state index in [1.807, 2.05) is 19.9 Å². The van der Waals surface area contributed by atoms with Crippen molar-refractivity contribution in [3.05, 3.63) is 11.6 Å². The number of rotatable bonds is 11. The molecular weight excluding hydrogens is 740 g/mol. The van der Waals surface area contributed by atoms with Crippen LogP contribution in [0.2, 0.25) is 0 Å². The van der Waals surface area contributed by atoms with Crippen LogP contribution in [0, 0.1) is 45.3 Å². The summed E-state index contributed by atoms with van der Waals surface area (Å²) in [4.78, 5) is 11.7. The van der Waals surface area contributed by atoms with Gasteiger partial charge in [-0.15, -0.1) is 0 Å². The number of aliphatic hydroxyl groups excluding tert-OH is 7. The van der Waals surface area contributed by atoms with E-state index >= 15 is 0 Å². The van der Waals surface area contributed by atoms with E-state index in [2.05, 4.69) is 34.6 Å². The summed E-state index contributed by atoms with van der Waals surface area (Å²) < 4.78 is 29.6. The molecule has 0 amide bonds. The molecule has 2 aliphatic heterocycles. The second-order valence-corrected chi connectivity index (χ2v) is 20.1. The predicted octanol–water partition coefficient (Wildman–Crippen LogP) is 2.33. The van der Waals surface area contributed by atoms with Gasteiger partial charge in [-0.25, -0.2) is 0 Å². The van der Waals surface area contributed by atoms with Crippen LogP contribution in [0.5, 0.6) is 0 Å². The van der Waals surface area contributed by atoms with E-state index in [-0.39, 0.29) is 53.1 Å². The van der Waals surface area contributed by atoms with Crippen molar-refractivity contribution in [3.8, 4) is 0 Å². The average molecular weight is 813 g/mol. The van der Waals surface area contributed by atoms with Gasteiger partial charge >= 0.3 is 5.97 Å². The molecule has 4 saturated carbocycles. The summed E-state index contributed by atoms with van der Waals surface area (Å²) >= 11 is 0. The Morgan fingerprint density at radius 1 is 0.860 bits per heavy atom. The molecular formula is C43H72O14. The third-order valence-corrected chi connectivity index (χ3v) is 16.7. The highest BCUT2D eigenvalue weighted by Crippen LogP contribution is 2.76. The number of hydrogen-bond donors (Lipinski definition) is 8. The number of carbonyl (C=O) groups is 1. The smallest absolute Gasteiger partial charge is 0.303 e. The zero-order valence-corrected chi connectivity index (χ0v) is 35.3. The van der Waals surface area contributed by atoms with Gasteiger partial charge in [0, 0.05) is 12.3 Å². The SMILES string of the molecule is CC(=O)OC1C(O)COC(OC2C(OC3CCC4(C)C(CC(O)C5(C)C4CCC4C(C(C)(O)CCC=C(C)CO)CCC45C)C3(C)C)OC(CO)C(O)C2O)C1O. The van der Waals surface area contributed by atoms with E-state index in [0.29, 0.717) is 25.7 Å². The molecule has 14 nitrogen and oxygen atoms in total. The van der Waals surface area contributed by atoms with Gasteiger partial charge in [0.1, 0.15) is 36.6 Å². The van der Waals surface area contributed by atoms with Crippen molar-refractivity contribution in [1.29, 1.82) is 0 Å². The van der Waals surface area contributed by atoms with Gasteiger partial charge in [0.05, 0.1) is 37.6 Å². The molecule has 0 aromatic carbocycles. The lowest BCUT2D eigenvalue weighted by atomic mass is 9.34. The molecule has 57 heavy (non-hydrogen) atoms. The van der Waals surface area contributed by atoms with E-state index in [1.54, 1.807) is 0 Å². The predicted molar refractivity (Wildman–Crippen MR) is 206 cm³/mol. The van der Waals surface area contributed by atoms with Crippen LogP contribution in [0.3, 0.4) is 0 Å². The van der Waals surface area contributed by atoms with Crippen molar-refractivity contribution in [3.63, 3.8) is 0 Å². The Morgan fingerprint density at radius 2 is 1.56 bits per heavy atom. The Bertz CT molecular complexity index is 1450. The first-order chi connectivity index (χ1) is 26.6. The number of aliphatic hydroxyl groups is 8. The average Bonchev–Trinajstić information content (AvgIpc) is 3.51. The molecule has 0 aromatic rings. The Labute approximate surface area is 337 Å². The molecule has 8 N–H and O–H groups in total. The summed E-state index contributed by atoms with van der Waals surface area (Å²) in [6.45, 7) is 15.4. The highest BCUT2D eigenvalue weighted by atomic mass is 16.8. The summed E-state index contributed by atoms with van der Waals surface area (Å²) in [5.74, 6) is -0.108. The van der Waals surface area contributed by atoms with Crippen LogP contribution in [0.25, 0.3) is 0 Å². The Balaban J connectivity index is 1.22. The minimum absolute atomic E-state index is 0.0158. The molecule has 328 valence electrons. The van der Waals surface area contributed by atoms with Crippen LogP contribution in [0.1, 0.15) is 113 Å². The lowest BCUT2D eigenvalue weighted by Gasteiger charge is -2.71. The molecule has 19 atom stereocenters. The van der Waals surface area contributed by atoms with Crippen LogP contribution in [0.4, 0.5) is 0 Å². The molecule has 6 aliphatic rings. The Morgan fingerprint density at radius 3 is 2.21 bits per heavy atom. The first-order valence-electron chi connectivity index (χ1n) is 21.3. The van der Waals surface area contributed by atoms with E-state index in [1.165, 1.54) is 0 Å². The van der Waals surface area contributed by atoms with Crippen LogP contribution >= 0.6 is 0 Å². The minimum Gasteiger partial charge on any atom is -0.457 e. The molecule has 6 fully saturated rings. The molecule has 0 spiro atoms. The molecule has 14 heteroatoms. The third kappa shape index (κ3) is 7.68. The fourth-order valence-corrected chi connectivity index (χ4v) is 13.4. The highest BCUT2D eigenvalue weighted by molar-refractivity contribution is 5.66. The number of esters is 1. The largest absolute Gasteiger partial charge is 0.457 e. The minimum atomic E-state index is -1.64. The fourth-order valence-electron chi connectivity index (χ4n) is 13.4. The van der Waals surface area contributed by atoms with Crippen LogP contribution in [0.15, 0.2) is 11.6 Å². The number of fused-ring (bicyclic) bond motifs is 5. The lowest BCUT2D eigenvalue weighted by Crippen LogP contribution is -2.69. The molecule has 4 aliphatic carbocycles. The first-order valence-corrected chi connectivity index (χ1v) is 21.3. The molecule has 0 bridgehead atoms. The maximum atomic E-state index is 12.5. The van der Waals surface area contributed by atoms with Crippen molar-refractivity contribution >= 4 is 5.97 Å². The Kier molecular flexibility index (Phi) is 13.1. The van der Waals surface area contributed by atoms with Gasteiger partial charge in [-0.3, -0.25) is 4.79 Å².